The quantitative estimate of drug-likeness (QED) is 0.633. The number of nitrogens with one attached hydrogen (secondary N) is 2. The SMILES string of the molecule is CC(C)Oc1ccc(NC(=O)c2cnc(Nc3ccc(Cl)cc3)nc2)cc1. The lowest BCUT2D eigenvalue weighted by atomic mass is 10.2. The zero-order valence-electron chi connectivity index (χ0n) is 14.9. The van der Waals surface area contributed by atoms with Crippen molar-refractivity contribution in [2.24, 2.45) is 0 Å². The summed E-state index contributed by atoms with van der Waals surface area (Å²) in [4.78, 5) is 20.7. The Bertz CT molecular complexity index is 895. The molecule has 0 aliphatic carbocycles. The molecule has 0 aliphatic heterocycles. The van der Waals surface area contributed by atoms with Gasteiger partial charge in [0.2, 0.25) is 5.95 Å². The van der Waals surface area contributed by atoms with Gasteiger partial charge in [-0.1, -0.05) is 11.6 Å². The molecule has 3 rings (SSSR count). The predicted octanol–water partition coefficient (Wildman–Crippen LogP) is 4.91. The lowest BCUT2D eigenvalue weighted by Crippen LogP contribution is -2.13. The minimum Gasteiger partial charge on any atom is -0.491 e. The second-order valence-electron chi connectivity index (χ2n) is 6.07. The maximum absolute atomic E-state index is 12.3. The summed E-state index contributed by atoms with van der Waals surface area (Å²) in [7, 11) is 0. The number of amides is 1. The van der Waals surface area contributed by atoms with E-state index in [1.54, 1.807) is 24.3 Å². The Morgan fingerprint density at radius 1 is 0.963 bits per heavy atom. The fourth-order valence-electron chi connectivity index (χ4n) is 2.26. The number of ether oxygens (including phenoxy) is 1. The molecule has 6 nitrogen and oxygen atoms in total. The molecule has 0 aliphatic rings. The van der Waals surface area contributed by atoms with E-state index in [-0.39, 0.29) is 12.0 Å². The highest BCUT2D eigenvalue weighted by Gasteiger charge is 2.08. The number of anilines is 3. The Labute approximate surface area is 162 Å². The molecule has 2 aromatic carbocycles. The zero-order valence-corrected chi connectivity index (χ0v) is 15.7. The van der Waals surface area contributed by atoms with Gasteiger partial charge in [-0.3, -0.25) is 4.79 Å². The second-order valence-corrected chi connectivity index (χ2v) is 6.51. The third-order valence-corrected chi connectivity index (χ3v) is 3.75. The number of benzene rings is 2. The fraction of sp³-hybridized carbons (Fsp3) is 0.150. The van der Waals surface area contributed by atoms with Gasteiger partial charge in [0.1, 0.15) is 5.75 Å². The lowest BCUT2D eigenvalue weighted by Gasteiger charge is -2.10. The maximum atomic E-state index is 12.3. The van der Waals surface area contributed by atoms with Gasteiger partial charge in [-0.15, -0.1) is 0 Å². The van der Waals surface area contributed by atoms with Gasteiger partial charge in [0.05, 0.1) is 11.7 Å². The smallest absolute Gasteiger partial charge is 0.258 e. The summed E-state index contributed by atoms with van der Waals surface area (Å²) in [6.45, 7) is 3.92. The number of hydrogen-bond donors (Lipinski definition) is 2. The largest absolute Gasteiger partial charge is 0.491 e. The fourth-order valence-corrected chi connectivity index (χ4v) is 2.39. The van der Waals surface area contributed by atoms with Crippen molar-refractivity contribution in [3.63, 3.8) is 0 Å². The molecule has 0 saturated carbocycles. The third-order valence-electron chi connectivity index (χ3n) is 3.50. The molecule has 1 heterocycles. The molecule has 0 fully saturated rings. The summed E-state index contributed by atoms with van der Waals surface area (Å²) < 4.78 is 5.58. The van der Waals surface area contributed by atoms with Crippen LogP contribution in [0, 0.1) is 0 Å². The van der Waals surface area contributed by atoms with Gasteiger partial charge in [-0.05, 0) is 62.4 Å². The molecule has 7 heteroatoms. The Hall–Kier alpha value is -3.12. The molecule has 0 unspecified atom stereocenters. The molecule has 0 spiro atoms. The Kier molecular flexibility index (Phi) is 5.88. The molecule has 1 aromatic heterocycles. The van der Waals surface area contributed by atoms with Crippen LogP contribution in [0.15, 0.2) is 60.9 Å². The number of carbonyl (C=O) groups excluding carboxylic acids is 1. The molecule has 27 heavy (non-hydrogen) atoms. The van der Waals surface area contributed by atoms with E-state index < -0.39 is 0 Å². The first-order chi connectivity index (χ1) is 13.0. The first-order valence-corrected chi connectivity index (χ1v) is 8.80. The van der Waals surface area contributed by atoms with Gasteiger partial charge < -0.3 is 15.4 Å². The van der Waals surface area contributed by atoms with E-state index in [1.807, 2.05) is 38.1 Å². The molecule has 0 atom stereocenters. The molecule has 0 radical (unpaired) electrons. The summed E-state index contributed by atoms with van der Waals surface area (Å²) in [6, 6.07) is 14.4. The van der Waals surface area contributed by atoms with Crippen molar-refractivity contribution >= 4 is 34.8 Å². The maximum Gasteiger partial charge on any atom is 0.258 e. The van der Waals surface area contributed by atoms with Crippen LogP contribution < -0.4 is 15.4 Å². The van der Waals surface area contributed by atoms with Gasteiger partial charge in [-0.2, -0.15) is 0 Å². The van der Waals surface area contributed by atoms with E-state index >= 15 is 0 Å². The Balaban J connectivity index is 1.60. The zero-order chi connectivity index (χ0) is 19.2. The summed E-state index contributed by atoms with van der Waals surface area (Å²) >= 11 is 5.86. The molecule has 2 N–H and O–H groups in total. The number of carbonyl (C=O) groups is 1. The van der Waals surface area contributed by atoms with Crippen molar-refractivity contribution in [1.82, 2.24) is 9.97 Å². The van der Waals surface area contributed by atoms with Crippen LogP contribution in [0.5, 0.6) is 5.75 Å². The topological polar surface area (TPSA) is 76.1 Å². The van der Waals surface area contributed by atoms with Crippen LogP contribution >= 0.6 is 11.6 Å². The van der Waals surface area contributed by atoms with Crippen LogP contribution in [0.1, 0.15) is 24.2 Å². The van der Waals surface area contributed by atoms with Crippen LogP contribution in [-0.2, 0) is 0 Å². The Morgan fingerprint density at radius 2 is 1.56 bits per heavy atom. The second kappa shape index (κ2) is 8.51. The molecular formula is C20H19ClN4O2. The van der Waals surface area contributed by atoms with E-state index in [2.05, 4.69) is 20.6 Å². The van der Waals surface area contributed by atoms with Crippen molar-refractivity contribution in [2.75, 3.05) is 10.6 Å². The van der Waals surface area contributed by atoms with E-state index in [4.69, 9.17) is 16.3 Å². The number of nitrogens with zero attached hydrogens (tertiary/aromatic N) is 2. The van der Waals surface area contributed by atoms with Crippen LogP contribution in [0.2, 0.25) is 5.02 Å². The van der Waals surface area contributed by atoms with Gasteiger partial charge in [0.25, 0.3) is 5.91 Å². The average Bonchev–Trinajstić information content (AvgIpc) is 2.65. The highest BCUT2D eigenvalue weighted by molar-refractivity contribution is 6.30. The van der Waals surface area contributed by atoms with Crippen molar-refractivity contribution in [3.8, 4) is 5.75 Å². The third kappa shape index (κ3) is 5.43. The van der Waals surface area contributed by atoms with E-state index in [1.165, 1.54) is 12.4 Å². The Morgan fingerprint density at radius 3 is 2.15 bits per heavy atom. The highest BCUT2D eigenvalue weighted by Crippen LogP contribution is 2.18. The molecular weight excluding hydrogens is 364 g/mol. The van der Waals surface area contributed by atoms with Crippen LogP contribution in [-0.4, -0.2) is 22.0 Å². The van der Waals surface area contributed by atoms with Crippen molar-refractivity contribution in [3.05, 3.63) is 71.5 Å². The molecule has 1 amide bonds. The minimum absolute atomic E-state index is 0.0996. The van der Waals surface area contributed by atoms with Gasteiger partial charge in [-0.25, -0.2) is 9.97 Å². The number of hydrogen-bond acceptors (Lipinski definition) is 5. The van der Waals surface area contributed by atoms with Crippen LogP contribution in [0.25, 0.3) is 0 Å². The minimum atomic E-state index is -0.287. The highest BCUT2D eigenvalue weighted by atomic mass is 35.5. The van der Waals surface area contributed by atoms with Gasteiger partial charge in [0, 0.05) is 28.8 Å². The number of aromatic nitrogens is 2. The summed E-state index contributed by atoms with van der Waals surface area (Å²) in [6.07, 6.45) is 3.04. The summed E-state index contributed by atoms with van der Waals surface area (Å²) in [5, 5.41) is 6.50. The summed E-state index contributed by atoms with van der Waals surface area (Å²) in [5.74, 6) is 0.860. The van der Waals surface area contributed by atoms with E-state index in [0.29, 0.717) is 22.2 Å². The normalized spacial score (nSPS) is 10.5. The first-order valence-electron chi connectivity index (χ1n) is 8.42. The molecule has 138 valence electrons. The predicted molar refractivity (Wildman–Crippen MR) is 107 cm³/mol. The number of halogens is 1. The monoisotopic (exact) mass is 382 g/mol. The van der Waals surface area contributed by atoms with Gasteiger partial charge >= 0.3 is 0 Å². The summed E-state index contributed by atoms with van der Waals surface area (Å²) in [5.41, 5.74) is 1.83. The standard InChI is InChI=1S/C20H19ClN4O2/c1-13(2)27-18-9-7-16(8-10-18)24-19(26)14-11-22-20(23-12-14)25-17-5-3-15(21)4-6-17/h3-13H,1-2H3,(H,24,26)(H,22,23,25). The van der Waals surface area contributed by atoms with Crippen molar-refractivity contribution in [2.45, 2.75) is 20.0 Å². The molecule has 0 saturated heterocycles. The molecule has 3 aromatic rings. The first kappa shape index (κ1) is 18.7. The number of rotatable bonds is 6. The van der Waals surface area contributed by atoms with E-state index in [9.17, 15) is 4.79 Å². The van der Waals surface area contributed by atoms with Crippen molar-refractivity contribution < 1.29 is 9.53 Å². The van der Waals surface area contributed by atoms with E-state index in [0.717, 1.165) is 11.4 Å². The molecule has 0 bridgehead atoms. The van der Waals surface area contributed by atoms with Gasteiger partial charge in [0.15, 0.2) is 0 Å². The lowest BCUT2D eigenvalue weighted by molar-refractivity contribution is 0.102. The van der Waals surface area contributed by atoms with Crippen molar-refractivity contribution in [1.29, 1.82) is 0 Å². The van der Waals surface area contributed by atoms with Crippen LogP contribution in [0.3, 0.4) is 0 Å². The van der Waals surface area contributed by atoms with Crippen LogP contribution in [0.4, 0.5) is 17.3 Å². The average molecular weight is 383 g/mol.